The Morgan fingerprint density at radius 3 is 1.13 bits per heavy atom. The summed E-state index contributed by atoms with van der Waals surface area (Å²) >= 11 is 0. The molecule has 18 aromatic carbocycles. The third-order valence-electron chi connectivity index (χ3n) is 21.2. The topological polar surface area (TPSA) is 61.4 Å². The van der Waals surface area contributed by atoms with Crippen molar-refractivity contribution in [2.45, 2.75) is 0 Å². The van der Waals surface area contributed by atoms with E-state index in [0.717, 1.165) is 99.1 Å². The van der Waals surface area contributed by atoms with Gasteiger partial charge in [0.05, 0.1) is 44.5 Å². The Morgan fingerprint density at radius 2 is 0.571 bits per heavy atom. The van der Waals surface area contributed by atoms with E-state index in [4.69, 9.17) is 19.9 Å². The van der Waals surface area contributed by atoms with Crippen LogP contribution in [0.2, 0.25) is 0 Å². The third-order valence-corrected chi connectivity index (χ3v) is 21.2. The van der Waals surface area contributed by atoms with Gasteiger partial charge in [-0.3, -0.25) is 9.13 Å². The molecular formula is C92H52N6. The molecule has 4 aromatic heterocycles. The molecule has 22 aromatic rings. The highest BCUT2D eigenvalue weighted by atomic mass is 15.2. The summed E-state index contributed by atoms with van der Waals surface area (Å²) in [6.07, 6.45) is 0. The zero-order valence-electron chi connectivity index (χ0n) is 52.7. The predicted molar refractivity (Wildman–Crippen MR) is 413 cm³/mol. The van der Waals surface area contributed by atoms with E-state index in [-0.39, 0.29) is 0 Å². The maximum absolute atomic E-state index is 5.85. The zero-order valence-corrected chi connectivity index (χ0v) is 52.7. The summed E-state index contributed by atoms with van der Waals surface area (Å²) < 4.78 is 4.66. The second kappa shape index (κ2) is 20.2. The van der Waals surface area contributed by atoms with Crippen LogP contribution in [0.3, 0.4) is 0 Å². The van der Waals surface area contributed by atoms with Crippen molar-refractivity contribution in [2.75, 3.05) is 0 Å². The van der Waals surface area contributed by atoms with Gasteiger partial charge in [-0.1, -0.05) is 273 Å². The van der Waals surface area contributed by atoms with Crippen LogP contribution in [0.25, 0.3) is 219 Å². The number of aromatic nitrogens is 6. The second-order valence-electron chi connectivity index (χ2n) is 26.2. The summed E-state index contributed by atoms with van der Waals surface area (Å²) in [6.45, 7) is 0. The zero-order chi connectivity index (χ0) is 63.8. The molecule has 4 heterocycles. The van der Waals surface area contributed by atoms with Gasteiger partial charge in [-0.05, 0) is 145 Å². The second-order valence-corrected chi connectivity index (χ2v) is 26.2. The minimum absolute atomic E-state index is 0.621. The van der Waals surface area contributed by atoms with Gasteiger partial charge in [-0.15, -0.1) is 0 Å². The molecule has 98 heavy (non-hydrogen) atoms. The van der Waals surface area contributed by atoms with E-state index >= 15 is 0 Å². The minimum Gasteiger partial charge on any atom is -0.278 e. The van der Waals surface area contributed by atoms with Crippen LogP contribution in [-0.2, 0) is 0 Å². The first-order valence-electron chi connectivity index (χ1n) is 33.6. The van der Waals surface area contributed by atoms with E-state index < -0.39 is 0 Å². The van der Waals surface area contributed by atoms with E-state index in [9.17, 15) is 0 Å². The molecule has 0 saturated carbocycles. The van der Waals surface area contributed by atoms with Crippen LogP contribution in [0.15, 0.2) is 315 Å². The van der Waals surface area contributed by atoms with E-state index in [1.165, 1.54) is 108 Å². The number of nitrogens with zero attached hydrogens (tertiary/aromatic N) is 6. The lowest BCUT2D eigenvalue weighted by Crippen LogP contribution is -2.04. The van der Waals surface area contributed by atoms with Gasteiger partial charge in [0.2, 0.25) is 11.9 Å². The number of rotatable bonds is 5. The smallest absolute Gasteiger partial charge is 0.235 e. The molecule has 0 saturated heterocycles. The maximum Gasteiger partial charge on any atom is 0.235 e. The van der Waals surface area contributed by atoms with Crippen molar-refractivity contribution in [3.8, 4) is 45.5 Å². The summed E-state index contributed by atoms with van der Waals surface area (Å²) in [7, 11) is 0. The third kappa shape index (κ3) is 7.40. The lowest BCUT2D eigenvalue weighted by molar-refractivity contribution is 1.01. The van der Waals surface area contributed by atoms with Crippen LogP contribution in [0.5, 0.6) is 0 Å². The number of fused-ring (bicyclic) bond motifs is 30. The van der Waals surface area contributed by atoms with Crippen LogP contribution in [0.4, 0.5) is 0 Å². The van der Waals surface area contributed by atoms with Crippen LogP contribution in [-0.4, -0.2) is 29.1 Å². The normalized spacial score (nSPS) is 12.3. The number of benzene rings is 18. The number of hydrogen-bond acceptors (Lipinski definition) is 4. The Bertz CT molecular complexity index is 7260. The van der Waals surface area contributed by atoms with Crippen molar-refractivity contribution in [3.63, 3.8) is 0 Å². The summed E-state index contributed by atoms with van der Waals surface area (Å²) in [5.74, 6) is 1.25. The van der Waals surface area contributed by atoms with Gasteiger partial charge in [0.25, 0.3) is 0 Å². The van der Waals surface area contributed by atoms with Gasteiger partial charge in [0.1, 0.15) is 0 Å². The van der Waals surface area contributed by atoms with E-state index in [2.05, 4.69) is 325 Å². The van der Waals surface area contributed by atoms with E-state index in [0.29, 0.717) is 11.9 Å². The first-order valence-corrected chi connectivity index (χ1v) is 33.6. The van der Waals surface area contributed by atoms with Crippen molar-refractivity contribution in [1.82, 2.24) is 29.1 Å². The standard InChI is InChI=1S/C92H52N6/c1-3-24-56(25-4-1)88-75-52-73(67-36-18-20-38-72(67)90(75)96-92(94-88)98-78-48-42-55-23-9-12-30-61(55)85(78)86-80(98)50-44-69-64-33-14-13-31-62(64)63-32-17-19-37-68(63)81(69)86)58-39-43-71-74(51-58)66-35-16-15-34-65(66)70-45-49-79-87(82(70)71)84-60-29-11-8-22-54(60)41-47-77(84)97(79)91-93-76-46-40-53-21-7-10-28-59(53)83(76)89(95-91)57-26-5-2-6-27-57/h1-52H. The van der Waals surface area contributed by atoms with Crippen molar-refractivity contribution < 1.29 is 0 Å². The highest BCUT2D eigenvalue weighted by Gasteiger charge is 2.27. The monoisotopic (exact) mass is 1240 g/mol. The van der Waals surface area contributed by atoms with Crippen LogP contribution >= 0.6 is 0 Å². The van der Waals surface area contributed by atoms with Crippen LogP contribution in [0.1, 0.15) is 0 Å². The SMILES string of the molecule is c1ccc(-c2nc(-n3c4ccc5ccccc5c4c4c5c6ccccc6c6ccccc6c5ccc43)nc3c2cc(-c2ccc4c(c2)c2ccccc2c2ccc5c(c24)c2c4ccccc4ccc2n5-c2nc(-c4ccccc4)c4c(ccc5ccccc54)n2)c2ccccc23)cc1. The van der Waals surface area contributed by atoms with Gasteiger partial charge < -0.3 is 0 Å². The molecule has 0 bridgehead atoms. The highest BCUT2D eigenvalue weighted by Crippen LogP contribution is 2.50. The molecule has 0 fully saturated rings. The molecular weight excluding hydrogens is 1190 g/mol. The molecule has 450 valence electrons. The van der Waals surface area contributed by atoms with Gasteiger partial charge in [-0.2, -0.15) is 0 Å². The van der Waals surface area contributed by atoms with Crippen molar-refractivity contribution >= 4 is 173 Å². The first-order chi connectivity index (χ1) is 48.6. The molecule has 0 unspecified atom stereocenters. The van der Waals surface area contributed by atoms with E-state index in [1.54, 1.807) is 0 Å². The average Bonchev–Trinajstić information content (AvgIpc) is 1.50. The fourth-order valence-electron chi connectivity index (χ4n) is 17.1. The van der Waals surface area contributed by atoms with Gasteiger partial charge in [0.15, 0.2) is 0 Å². The molecule has 0 amide bonds. The Balaban J connectivity index is 0.810. The molecule has 22 rings (SSSR count). The maximum atomic E-state index is 5.85. The Hall–Kier alpha value is -13.2. The van der Waals surface area contributed by atoms with Crippen LogP contribution in [0, 0.1) is 0 Å². The van der Waals surface area contributed by atoms with E-state index in [1.807, 2.05) is 0 Å². The summed E-state index contributed by atoms with van der Waals surface area (Å²) in [5, 5.41) is 30.5. The Labute approximate surface area is 559 Å². The fourth-order valence-corrected chi connectivity index (χ4v) is 17.1. The number of hydrogen-bond donors (Lipinski definition) is 0. The molecule has 0 aliphatic rings. The molecule has 0 aliphatic carbocycles. The summed E-state index contributed by atoms with van der Waals surface area (Å²) in [5.41, 5.74) is 12.0. The predicted octanol–water partition coefficient (Wildman–Crippen LogP) is 24.3. The summed E-state index contributed by atoms with van der Waals surface area (Å²) in [4.78, 5) is 22.9. The molecule has 0 radical (unpaired) electrons. The van der Waals surface area contributed by atoms with Crippen LogP contribution < -0.4 is 0 Å². The highest BCUT2D eigenvalue weighted by molar-refractivity contribution is 6.40. The van der Waals surface area contributed by atoms with Gasteiger partial charge >= 0.3 is 0 Å². The molecule has 0 spiro atoms. The molecule has 6 nitrogen and oxygen atoms in total. The Morgan fingerprint density at radius 1 is 0.194 bits per heavy atom. The minimum atomic E-state index is 0.621. The van der Waals surface area contributed by atoms with Crippen molar-refractivity contribution in [3.05, 3.63) is 315 Å². The molecule has 0 aliphatic heterocycles. The Kier molecular flexibility index (Phi) is 11.0. The lowest BCUT2D eigenvalue weighted by Gasteiger charge is -2.17. The molecule has 6 heteroatoms. The quantitative estimate of drug-likeness (QED) is 0.161. The van der Waals surface area contributed by atoms with Crippen molar-refractivity contribution in [2.24, 2.45) is 0 Å². The molecule has 0 atom stereocenters. The van der Waals surface area contributed by atoms with Crippen molar-refractivity contribution in [1.29, 1.82) is 0 Å². The first kappa shape index (κ1) is 53.2. The fraction of sp³-hybridized carbons (Fsp3) is 0. The van der Waals surface area contributed by atoms with Gasteiger partial charge in [0, 0.05) is 59.6 Å². The average molecular weight is 1240 g/mol. The lowest BCUT2D eigenvalue weighted by atomic mass is 9.88. The largest absolute Gasteiger partial charge is 0.278 e. The van der Waals surface area contributed by atoms with Gasteiger partial charge in [-0.25, -0.2) is 19.9 Å². The summed E-state index contributed by atoms with van der Waals surface area (Å²) in [6, 6.07) is 115. The molecule has 0 N–H and O–H groups in total.